The number of hydrazone groups is 1. The van der Waals surface area contributed by atoms with Gasteiger partial charge in [0, 0.05) is 12.6 Å². The van der Waals surface area contributed by atoms with Crippen molar-refractivity contribution in [1.82, 2.24) is 5.01 Å². The van der Waals surface area contributed by atoms with Gasteiger partial charge < -0.3 is 4.84 Å². The first-order valence-electron chi connectivity index (χ1n) is 3.95. The SMILES string of the molecule is CC1=NN(C)C(=O)C1=NOCC=CCl. The van der Waals surface area contributed by atoms with Crippen LogP contribution >= 0.6 is 11.6 Å². The summed E-state index contributed by atoms with van der Waals surface area (Å²) < 4.78 is 0. The topological polar surface area (TPSA) is 54.3 Å². The van der Waals surface area contributed by atoms with E-state index in [0.29, 0.717) is 5.71 Å². The Bertz CT molecular complexity index is 323. The second-order valence-corrected chi connectivity index (χ2v) is 2.86. The van der Waals surface area contributed by atoms with Crippen molar-refractivity contribution in [2.45, 2.75) is 6.92 Å². The van der Waals surface area contributed by atoms with E-state index in [1.165, 1.54) is 10.5 Å². The molecule has 0 aromatic rings. The van der Waals surface area contributed by atoms with Gasteiger partial charge in [0.05, 0.1) is 5.71 Å². The quantitative estimate of drug-likeness (QED) is 0.520. The molecular weight excluding hydrogens is 206 g/mol. The van der Waals surface area contributed by atoms with E-state index >= 15 is 0 Å². The highest BCUT2D eigenvalue weighted by Gasteiger charge is 2.26. The van der Waals surface area contributed by atoms with Gasteiger partial charge in [-0.2, -0.15) is 5.10 Å². The normalized spacial score (nSPS) is 19.6. The molecule has 0 radical (unpaired) electrons. The standard InChI is InChI=1S/C8H10ClN3O2/c1-6-7(8(13)12(2)10-6)11-14-5-3-4-9/h3-4H,5H2,1-2H3. The first-order valence-corrected chi connectivity index (χ1v) is 4.39. The first-order chi connectivity index (χ1) is 6.66. The van der Waals surface area contributed by atoms with Crippen molar-refractivity contribution >= 4 is 28.9 Å². The Hall–Kier alpha value is -1.36. The van der Waals surface area contributed by atoms with Gasteiger partial charge in [0.25, 0.3) is 5.91 Å². The van der Waals surface area contributed by atoms with Crippen LogP contribution in [0.2, 0.25) is 0 Å². The predicted molar refractivity (Wildman–Crippen MR) is 54.3 cm³/mol. The van der Waals surface area contributed by atoms with E-state index in [1.807, 2.05) is 0 Å². The van der Waals surface area contributed by atoms with Crippen LogP contribution in [0.5, 0.6) is 0 Å². The predicted octanol–water partition coefficient (Wildman–Crippen LogP) is 0.959. The Labute approximate surface area is 86.7 Å². The largest absolute Gasteiger partial charge is 0.391 e. The molecule has 1 aliphatic rings. The van der Waals surface area contributed by atoms with Gasteiger partial charge in [-0.3, -0.25) is 4.79 Å². The molecule has 0 fully saturated rings. The molecule has 0 spiro atoms. The molecule has 0 N–H and O–H groups in total. The third-order valence-electron chi connectivity index (χ3n) is 1.55. The van der Waals surface area contributed by atoms with Crippen molar-refractivity contribution < 1.29 is 9.63 Å². The van der Waals surface area contributed by atoms with Crippen LogP contribution in [0.4, 0.5) is 0 Å². The van der Waals surface area contributed by atoms with Gasteiger partial charge >= 0.3 is 0 Å². The second kappa shape index (κ2) is 4.76. The number of oxime groups is 1. The number of carbonyl (C=O) groups is 1. The zero-order valence-electron chi connectivity index (χ0n) is 7.90. The van der Waals surface area contributed by atoms with Crippen LogP contribution in [-0.4, -0.2) is 36.0 Å². The Morgan fingerprint density at radius 2 is 2.43 bits per heavy atom. The number of hydrogen-bond acceptors (Lipinski definition) is 4. The van der Waals surface area contributed by atoms with E-state index in [0.717, 1.165) is 0 Å². The summed E-state index contributed by atoms with van der Waals surface area (Å²) in [4.78, 5) is 16.2. The second-order valence-electron chi connectivity index (χ2n) is 2.61. The summed E-state index contributed by atoms with van der Waals surface area (Å²) in [6.45, 7) is 1.93. The Morgan fingerprint density at radius 3 is 2.93 bits per heavy atom. The highest BCUT2D eigenvalue weighted by atomic mass is 35.5. The van der Waals surface area contributed by atoms with Crippen molar-refractivity contribution in [1.29, 1.82) is 0 Å². The van der Waals surface area contributed by atoms with E-state index in [4.69, 9.17) is 16.4 Å². The molecule has 0 aromatic heterocycles. The average Bonchev–Trinajstić information content (AvgIpc) is 2.38. The smallest absolute Gasteiger partial charge is 0.297 e. The summed E-state index contributed by atoms with van der Waals surface area (Å²) in [6, 6.07) is 0. The fourth-order valence-electron chi connectivity index (χ4n) is 0.912. The molecule has 1 aliphatic heterocycles. The van der Waals surface area contributed by atoms with Crippen LogP contribution in [0.3, 0.4) is 0 Å². The molecule has 1 rings (SSSR count). The number of halogens is 1. The lowest BCUT2D eigenvalue weighted by atomic mass is 10.3. The fraction of sp³-hybridized carbons (Fsp3) is 0.375. The summed E-state index contributed by atoms with van der Waals surface area (Å²) in [6.07, 6.45) is 1.57. The van der Waals surface area contributed by atoms with Crippen molar-refractivity contribution in [2.24, 2.45) is 10.3 Å². The van der Waals surface area contributed by atoms with Crippen LogP contribution in [0, 0.1) is 0 Å². The third kappa shape index (κ3) is 2.32. The average molecular weight is 216 g/mol. The van der Waals surface area contributed by atoms with Crippen molar-refractivity contribution in [3.05, 3.63) is 11.6 Å². The van der Waals surface area contributed by atoms with E-state index in [-0.39, 0.29) is 18.2 Å². The van der Waals surface area contributed by atoms with Crippen LogP contribution in [0.25, 0.3) is 0 Å². The van der Waals surface area contributed by atoms with Gasteiger partial charge in [0.2, 0.25) is 0 Å². The van der Waals surface area contributed by atoms with Crippen molar-refractivity contribution in [3.8, 4) is 0 Å². The molecule has 76 valence electrons. The van der Waals surface area contributed by atoms with E-state index in [1.54, 1.807) is 20.0 Å². The molecule has 0 atom stereocenters. The Morgan fingerprint density at radius 1 is 1.71 bits per heavy atom. The maximum absolute atomic E-state index is 11.3. The molecule has 0 aliphatic carbocycles. The number of rotatable bonds is 3. The molecule has 14 heavy (non-hydrogen) atoms. The summed E-state index contributed by atoms with van der Waals surface area (Å²) in [5.74, 6) is -0.266. The highest BCUT2D eigenvalue weighted by molar-refractivity contribution is 6.68. The van der Waals surface area contributed by atoms with Crippen molar-refractivity contribution in [3.63, 3.8) is 0 Å². The van der Waals surface area contributed by atoms with E-state index in [2.05, 4.69) is 10.3 Å². The number of amides is 1. The Kier molecular flexibility index (Phi) is 3.64. The summed E-state index contributed by atoms with van der Waals surface area (Å²) in [7, 11) is 1.56. The van der Waals surface area contributed by atoms with E-state index in [9.17, 15) is 4.79 Å². The maximum atomic E-state index is 11.3. The monoisotopic (exact) mass is 215 g/mol. The third-order valence-corrected chi connectivity index (χ3v) is 1.73. The van der Waals surface area contributed by atoms with Crippen LogP contribution in [0.1, 0.15) is 6.92 Å². The maximum Gasteiger partial charge on any atom is 0.297 e. The number of nitrogens with zero attached hydrogens (tertiary/aromatic N) is 3. The van der Waals surface area contributed by atoms with Gasteiger partial charge in [-0.15, -0.1) is 0 Å². The lowest BCUT2D eigenvalue weighted by Gasteiger charge is -2.00. The van der Waals surface area contributed by atoms with Gasteiger partial charge in [-0.05, 0) is 13.0 Å². The summed E-state index contributed by atoms with van der Waals surface area (Å²) in [5, 5.41) is 8.77. The summed E-state index contributed by atoms with van der Waals surface area (Å²) in [5.41, 5.74) is 2.10. The minimum absolute atomic E-state index is 0.232. The van der Waals surface area contributed by atoms with Crippen LogP contribution in [0.15, 0.2) is 21.9 Å². The zero-order chi connectivity index (χ0) is 10.6. The van der Waals surface area contributed by atoms with Crippen molar-refractivity contribution in [2.75, 3.05) is 13.7 Å². The lowest BCUT2D eigenvalue weighted by molar-refractivity contribution is -0.122. The molecule has 0 saturated heterocycles. The molecular formula is C8H10ClN3O2. The van der Waals surface area contributed by atoms with Gasteiger partial charge in [-0.25, -0.2) is 5.01 Å². The fourth-order valence-corrected chi connectivity index (χ4v) is 0.985. The molecule has 0 unspecified atom stereocenters. The van der Waals surface area contributed by atoms with Gasteiger partial charge in [0.1, 0.15) is 6.61 Å². The highest BCUT2D eigenvalue weighted by Crippen LogP contribution is 2.03. The molecule has 5 nitrogen and oxygen atoms in total. The Balaban J connectivity index is 2.60. The molecule has 6 heteroatoms. The lowest BCUT2D eigenvalue weighted by Crippen LogP contribution is -2.24. The molecule has 0 saturated carbocycles. The first kappa shape index (κ1) is 10.7. The number of hydrogen-bond donors (Lipinski definition) is 0. The number of carbonyl (C=O) groups excluding carboxylic acids is 1. The molecule has 1 amide bonds. The molecule has 1 heterocycles. The van der Waals surface area contributed by atoms with Crippen LogP contribution in [-0.2, 0) is 9.63 Å². The summed E-state index contributed by atoms with van der Waals surface area (Å²) >= 11 is 5.27. The minimum Gasteiger partial charge on any atom is -0.391 e. The molecule has 0 bridgehead atoms. The minimum atomic E-state index is -0.266. The molecule has 0 aromatic carbocycles. The van der Waals surface area contributed by atoms with Gasteiger partial charge in [-0.1, -0.05) is 16.8 Å². The zero-order valence-corrected chi connectivity index (χ0v) is 8.65. The van der Waals surface area contributed by atoms with Crippen LogP contribution < -0.4 is 0 Å². The van der Waals surface area contributed by atoms with Gasteiger partial charge in [0.15, 0.2) is 5.71 Å². The van der Waals surface area contributed by atoms with E-state index < -0.39 is 0 Å².